The van der Waals surface area contributed by atoms with Crippen LogP contribution in [0.4, 0.5) is 18.9 Å². The van der Waals surface area contributed by atoms with Gasteiger partial charge in [0.25, 0.3) is 0 Å². The van der Waals surface area contributed by atoms with E-state index in [2.05, 4.69) is 5.32 Å². The summed E-state index contributed by atoms with van der Waals surface area (Å²) in [5.74, 6) is 0. The van der Waals surface area contributed by atoms with Gasteiger partial charge in [0, 0.05) is 11.4 Å². The molecule has 2 rings (SSSR count). The molecule has 0 bridgehead atoms. The van der Waals surface area contributed by atoms with E-state index in [1.54, 1.807) is 12.1 Å². The average Bonchev–Trinajstić information content (AvgIpc) is 2.40. The summed E-state index contributed by atoms with van der Waals surface area (Å²) in [6.45, 7) is 2.46. The van der Waals surface area contributed by atoms with Gasteiger partial charge in [0.2, 0.25) is 0 Å². The molecule has 0 aliphatic carbocycles. The lowest BCUT2D eigenvalue weighted by molar-refractivity contribution is -0.0328. The Hall–Kier alpha value is -1.33. The molecule has 0 aliphatic rings. The van der Waals surface area contributed by atoms with Gasteiger partial charge >= 0.3 is 5.51 Å². The molecular formula is C15H13ClF3NS. The average molecular weight is 332 g/mol. The van der Waals surface area contributed by atoms with Crippen molar-refractivity contribution in [3.05, 3.63) is 58.6 Å². The maximum atomic E-state index is 12.2. The molecule has 0 aromatic heterocycles. The summed E-state index contributed by atoms with van der Waals surface area (Å²) in [6.07, 6.45) is 0. The van der Waals surface area contributed by atoms with Gasteiger partial charge in [0.15, 0.2) is 0 Å². The van der Waals surface area contributed by atoms with Gasteiger partial charge in [-0.2, -0.15) is 13.2 Å². The molecule has 0 fully saturated rings. The third-order valence-electron chi connectivity index (χ3n) is 2.76. The fraction of sp³-hybridized carbons (Fsp3) is 0.200. The van der Waals surface area contributed by atoms with Gasteiger partial charge < -0.3 is 5.32 Å². The van der Waals surface area contributed by atoms with Crippen LogP contribution in [0.2, 0.25) is 5.02 Å². The molecule has 0 unspecified atom stereocenters. The molecule has 0 atom stereocenters. The molecule has 0 radical (unpaired) electrons. The minimum Gasteiger partial charge on any atom is -0.380 e. The van der Waals surface area contributed by atoms with E-state index in [1.165, 1.54) is 12.1 Å². The Bertz CT molecular complexity index is 611. The molecule has 0 heterocycles. The van der Waals surface area contributed by atoms with E-state index in [9.17, 15) is 13.2 Å². The topological polar surface area (TPSA) is 12.0 Å². The first-order valence-corrected chi connectivity index (χ1v) is 7.38. The third kappa shape index (κ3) is 5.17. The summed E-state index contributed by atoms with van der Waals surface area (Å²) < 4.78 is 36.7. The van der Waals surface area contributed by atoms with Crippen LogP contribution in [0.15, 0.2) is 47.4 Å². The van der Waals surface area contributed by atoms with E-state index in [0.717, 1.165) is 16.8 Å². The zero-order valence-corrected chi connectivity index (χ0v) is 12.7. The number of nitrogens with one attached hydrogen (secondary N) is 1. The van der Waals surface area contributed by atoms with E-state index < -0.39 is 5.51 Å². The molecule has 112 valence electrons. The zero-order chi connectivity index (χ0) is 15.5. The first-order valence-electron chi connectivity index (χ1n) is 6.18. The largest absolute Gasteiger partial charge is 0.446 e. The molecule has 1 N–H and O–H groups in total. The maximum absolute atomic E-state index is 12.2. The van der Waals surface area contributed by atoms with Crippen molar-refractivity contribution in [2.75, 3.05) is 5.32 Å². The Morgan fingerprint density at radius 3 is 2.38 bits per heavy atom. The standard InChI is InChI=1S/C15H13ClF3NS/c1-10-2-7-13(16)14(8-10)20-9-11-3-5-12(6-4-11)21-15(17,18)19/h2-8,20H,9H2,1H3. The van der Waals surface area contributed by atoms with Crippen LogP contribution in [0.25, 0.3) is 0 Å². The lowest BCUT2D eigenvalue weighted by Gasteiger charge is -2.10. The van der Waals surface area contributed by atoms with Crippen LogP contribution in [0.3, 0.4) is 0 Å². The van der Waals surface area contributed by atoms with Gasteiger partial charge in [-0.1, -0.05) is 29.8 Å². The second-order valence-corrected chi connectivity index (χ2v) is 6.07. The summed E-state index contributed by atoms with van der Waals surface area (Å²) in [5, 5.41) is 3.79. The van der Waals surface area contributed by atoms with E-state index in [-0.39, 0.29) is 16.7 Å². The van der Waals surface area contributed by atoms with Crippen molar-refractivity contribution in [1.29, 1.82) is 0 Å². The summed E-state index contributed by atoms with van der Waals surface area (Å²) in [6, 6.07) is 11.9. The molecule has 0 saturated carbocycles. The van der Waals surface area contributed by atoms with E-state index in [0.29, 0.717) is 11.6 Å². The van der Waals surface area contributed by atoms with Crippen LogP contribution in [-0.4, -0.2) is 5.51 Å². The molecular weight excluding hydrogens is 319 g/mol. The molecule has 2 aromatic rings. The van der Waals surface area contributed by atoms with Crippen LogP contribution < -0.4 is 5.32 Å². The summed E-state index contributed by atoms with van der Waals surface area (Å²) >= 11 is 5.96. The third-order valence-corrected chi connectivity index (χ3v) is 3.83. The smallest absolute Gasteiger partial charge is 0.380 e. The van der Waals surface area contributed by atoms with Crippen LogP contribution in [-0.2, 0) is 6.54 Å². The highest BCUT2D eigenvalue weighted by atomic mass is 35.5. The fourth-order valence-corrected chi connectivity index (χ4v) is 2.50. The number of hydrogen-bond acceptors (Lipinski definition) is 2. The summed E-state index contributed by atoms with van der Waals surface area (Å²) in [4.78, 5) is 0.180. The Labute approximate surface area is 130 Å². The lowest BCUT2D eigenvalue weighted by Crippen LogP contribution is -2.01. The number of anilines is 1. The molecule has 21 heavy (non-hydrogen) atoms. The normalized spacial score (nSPS) is 11.5. The SMILES string of the molecule is Cc1ccc(Cl)c(NCc2ccc(SC(F)(F)F)cc2)c1. The molecule has 0 saturated heterocycles. The van der Waals surface area contributed by atoms with Crippen molar-refractivity contribution >= 4 is 29.1 Å². The lowest BCUT2D eigenvalue weighted by atomic mass is 10.2. The van der Waals surface area contributed by atoms with Gasteiger partial charge in [0.1, 0.15) is 0 Å². The Balaban J connectivity index is 1.99. The first-order chi connectivity index (χ1) is 9.83. The van der Waals surface area contributed by atoms with Gasteiger partial charge in [-0.3, -0.25) is 0 Å². The second-order valence-electron chi connectivity index (χ2n) is 4.53. The summed E-state index contributed by atoms with van der Waals surface area (Å²) in [5.41, 5.74) is -1.47. The molecule has 0 amide bonds. The van der Waals surface area contributed by atoms with Crippen LogP contribution in [0.5, 0.6) is 0 Å². The number of alkyl halides is 3. The Morgan fingerprint density at radius 1 is 1.10 bits per heavy atom. The van der Waals surface area contributed by atoms with E-state index in [4.69, 9.17) is 11.6 Å². The highest BCUT2D eigenvalue weighted by Gasteiger charge is 2.28. The highest BCUT2D eigenvalue weighted by molar-refractivity contribution is 8.00. The number of hydrogen-bond donors (Lipinski definition) is 1. The molecule has 1 nitrogen and oxygen atoms in total. The van der Waals surface area contributed by atoms with E-state index in [1.807, 2.05) is 25.1 Å². The van der Waals surface area contributed by atoms with E-state index >= 15 is 0 Å². The van der Waals surface area contributed by atoms with Crippen molar-refractivity contribution in [2.24, 2.45) is 0 Å². The van der Waals surface area contributed by atoms with Crippen molar-refractivity contribution in [3.8, 4) is 0 Å². The number of halogens is 4. The highest BCUT2D eigenvalue weighted by Crippen LogP contribution is 2.36. The fourth-order valence-electron chi connectivity index (χ4n) is 1.78. The minimum absolute atomic E-state index is 0.113. The predicted molar refractivity (Wildman–Crippen MR) is 81.9 cm³/mol. The van der Waals surface area contributed by atoms with Crippen molar-refractivity contribution in [1.82, 2.24) is 0 Å². The van der Waals surface area contributed by atoms with Crippen molar-refractivity contribution in [3.63, 3.8) is 0 Å². The molecule has 0 spiro atoms. The second kappa shape index (κ2) is 6.62. The van der Waals surface area contributed by atoms with Crippen LogP contribution >= 0.6 is 23.4 Å². The number of benzene rings is 2. The maximum Gasteiger partial charge on any atom is 0.446 e. The number of aryl methyl sites for hydroxylation is 1. The zero-order valence-electron chi connectivity index (χ0n) is 11.2. The van der Waals surface area contributed by atoms with Gasteiger partial charge in [-0.25, -0.2) is 0 Å². The Morgan fingerprint density at radius 2 is 1.76 bits per heavy atom. The molecule has 2 aromatic carbocycles. The van der Waals surface area contributed by atoms with Gasteiger partial charge in [-0.05, 0) is 54.1 Å². The van der Waals surface area contributed by atoms with Crippen LogP contribution in [0, 0.1) is 6.92 Å². The van der Waals surface area contributed by atoms with Gasteiger partial charge in [0.05, 0.1) is 10.7 Å². The van der Waals surface area contributed by atoms with Gasteiger partial charge in [-0.15, -0.1) is 0 Å². The van der Waals surface area contributed by atoms with Crippen molar-refractivity contribution < 1.29 is 13.2 Å². The van der Waals surface area contributed by atoms with Crippen LogP contribution in [0.1, 0.15) is 11.1 Å². The predicted octanol–water partition coefficient (Wildman–Crippen LogP) is 5.87. The first kappa shape index (κ1) is 16.0. The number of rotatable bonds is 4. The molecule has 6 heteroatoms. The molecule has 0 aliphatic heterocycles. The Kier molecular flexibility index (Phi) is 5.06. The number of thioether (sulfide) groups is 1. The quantitative estimate of drug-likeness (QED) is 0.703. The monoisotopic (exact) mass is 331 g/mol. The summed E-state index contributed by atoms with van der Waals surface area (Å²) in [7, 11) is 0. The van der Waals surface area contributed by atoms with Crippen molar-refractivity contribution in [2.45, 2.75) is 23.9 Å². The minimum atomic E-state index is -4.26.